The van der Waals surface area contributed by atoms with Crippen molar-refractivity contribution in [3.05, 3.63) is 23.8 Å². The molecule has 0 spiro atoms. The van der Waals surface area contributed by atoms with Gasteiger partial charge < -0.3 is 4.90 Å². The third-order valence-corrected chi connectivity index (χ3v) is 3.17. The van der Waals surface area contributed by atoms with Gasteiger partial charge in [0.15, 0.2) is 0 Å². The van der Waals surface area contributed by atoms with Crippen molar-refractivity contribution >= 4 is 0 Å². The van der Waals surface area contributed by atoms with E-state index in [1.165, 1.54) is 18.7 Å². The van der Waals surface area contributed by atoms with Gasteiger partial charge in [0.1, 0.15) is 5.82 Å². The maximum absolute atomic E-state index is 4.51. The highest BCUT2D eigenvalue weighted by Crippen LogP contribution is 2.26. The Morgan fingerprint density at radius 1 is 1.47 bits per heavy atom. The molecule has 0 N–H and O–H groups in total. The minimum absolute atomic E-state index is 0.606. The van der Waals surface area contributed by atoms with E-state index in [9.17, 15) is 0 Å². The van der Waals surface area contributed by atoms with E-state index < -0.39 is 0 Å². The second-order valence-corrected chi connectivity index (χ2v) is 4.60. The van der Waals surface area contributed by atoms with Crippen molar-refractivity contribution in [2.24, 2.45) is 0 Å². The summed E-state index contributed by atoms with van der Waals surface area (Å²) < 4.78 is 0. The van der Waals surface area contributed by atoms with Crippen molar-refractivity contribution < 1.29 is 0 Å². The number of hydrogen-bond acceptors (Lipinski definition) is 3. The number of likely N-dealkylation sites (tertiary alicyclic amines) is 1. The summed E-state index contributed by atoms with van der Waals surface area (Å²) in [5.74, 6) is 1.49. The van der Waals surface area contributed by atoms with Crippen LogP contribution in [0.5, 0.6) is 0 Å². The first kappa shape index (κ1) is 10.6. The van der Waals surface area contributed by atoms with E-state index in [1.807, 2.05) is 13.1 Å². The topological polar surface area (TPSA) is 29.0 Å². The molecule has 82 valence electrons. The van der Waals surface area contributed by atoms with Crippen LogP contribution in [-0.2, 0) is 0 Å². The summed E-state index contributed by atoms with van der Waals surface area (Å²) in [4.78, 5) is 11.2. The zero-order chi connectivity index (χ0) is 10.8. The first-order chi connectivity index (χ1) is 7.16. The fourth-order valence-corrected chi connectivity index (χ4v) is 2.20. The minimum Gasteiger partial charge on any atom is -0.300 e. The fraction of sp³-hybridized carbons (Fsp3) is 0.667. The van der Waals surface area contributed by atoms with E-state index in [4.69, 9.17) is 0 Å². The SMILES string of the molecule is Cc1nccc(C2CCN(C(C)C)C2)n1. The average molecular weight is 205 g/mol. The molecule has 1 atom stereocenters. The van der Waals surface area contributed by atoms with E-state index in [2.05, 4.69) is 34.8 Å². The monoisotopic (exact) mass is 205 g/mol. The van der Waals surface area contributed by atoms with Crippen LogP contribution in [-0.4, -0.2) is 34.0 Å². The molecule has 0 bridgehead atoms. The Kier molecular flexibility index (Phi) is 3.00. The van der Waals surface area contributed by atoms with Crippen molar-refractivity contribution in [3.8, 4) is 0 Å². The van der Waals surface area contributed by atoms with Crippen LogP contribution in [0.15, 0.2) is 12.3 Å². The molecule has 0 aliphatic carbocycles. The van der Waals surface area contributed by atoms with E-state index >= 15 is 0 Å². The lowest BCUT2D eigenvalue weighted by Gasteiger charge is -2.20. The number of nitrogens with zero attached hydrogens (tertiary/aromatic N) is 3. The first-order valence-corrected chi connectivity index (χ1v) is 5.70. The van der Waals surface area contributed by atoms with Crippen molar-refractivity contribution in [1.82, 2.24) is 14.9 Å². The summed E-state index contributed by atoms with van der Waals surface area (Å²) in [5, 5.41) is 0. The molecule has 0 amide bonds. The van der Waals surface area contributed by atoms with Gasteiger partial charge in [0.2, 0.25) is 0 Å². The zero-order valence-electron chi connectivity index (χ0n) is 9.77. The van der Waals surface area contributed by atoms with E-state index in [1.54, 1.807) is 0 Å². The quantitative estimate of drug-likeness (QED) is 0.739. The van der Waals surface area contributed by atoms with E-state index in [0.717, 1.165) is 12.4 Å². The Morgan fingerprint density at radius 3 is 2.87 bits per heavy atom. The summed E-state index contributed by atoms with van der Waals surface area (Å²) in [6, 6.07) is 2.71. The molecular weight excluding hydrogens is 186 g/mol. The van der Waals surface area contributed by atoms with Gasteiger partial charge in [0.25, 0.3) is 0 Å². The Balaban J connectivity index is 2.08. The van der Waals surface area contributed by atoms with Gasteiger partial charge in [-0.2, -0.15) is 0 Å². The molecule has 1 aromatic heterocycles. The van der Waals surface area contributed by atoms with Gasteiger partial charge in [-0.15, -0.1) is 0 Å². The summed E-state index contributed by atoms with van der Waals surface area (Å²) in [5.41, 5.74) is 1.21. The maximum atomic E-state index is 4.51. The van der Waals surface area contributed by atoms with Crippen LogP contribution in [0, 0.1) is 6.92 Å². The van der Waals surface area contributed by atoms with Crippen molar-refractivity contribution in [2.45, 2.75) is 39.2 Å². The summed E-state index contributed by atoms with van der Waals surface area (Å²) >= 11 is 0. The van der Waals surface area contributed by atoms with Crippen LogP contribution >= 0.6 is 0 Å². The normalized spacial score (nSPS) is 22.5. The van der Waals surface area contributed by atoms with Gasteiger partial charge in [0, 0.05) is 30.4 Å². The Bertz CT molecular complexity index is 335. The van der Waals surface area contributed by atoms with Gasteiger partial charge in [-0.25, -0.2) is 9.97 Å². The molecular formula is C12H19N3. The van der Waals surface area contributed by atoms with Gasteiger partial charge in [-0.1, -0.05) is 0 Å². The van der Waals surface area contributed by atoms with Crippen LogP contribution in [0.4, 0.5) is 0 Å². The van der Waals surface area contributed by atoms with E-state index in [-0.39, 0.29) is 0 Å². The Hall–Kier alpha value is -0.960. The highest BCUT2D eigenvalue weighted by molar-refractivity contribution is 5.11. The molecule has 2 rings (SSSR count). The standard InChI is InChI=1S/C12H19N3/c1-9(2)15-7-5-11(8-15)12-4-6-13-10(3)14-12/h4,6,9,11H,5,7-8H2,1-3H3. The summed E-state index contributed by atoms with van der Waals surface area (Å²) in [6.45, 7) is 8.82. The van der Waals surface area contributed by atoms with Crippen LogP contribution in [0.2, 0.25) is 0 Å². The molecule has 0 saturated carbocycles. The molecule has 15 heavy (non-hydrogen) atoms. The van der Waals surface area contributed by atoms with Crippen molar-refractivity contribution in [2.75, 3.05) is 13.1 Å². The summed E-state index contributed by atoms with van der Waals surface area (Å²) in [7, 11) is 0. The number of rotatable bonds is 2. The van der Waals surface area contributed by atoms with Crippen LogP contribution in [0.25, 0.3) is 0 Å². The predicted molar refractivity (Wildman–Crippen MR) is 60.8 cm³/mol. The number of aromatic nitrogens is 2. The zero-order valence-corrected chi connectivity index (χ0v) is 9.77. The molecule has 1 fully saturated rings. The van der Waals surface area contributed by atoms with Crippen LogP contribution in [0.3, 0.4) is 0 Å². The molecule has 3 nitrogen and oxygen atoms in total. The highest BCUT2D eigenvalue weighted by Gasteiger charge is 2.26. The van der Waals surface area contributed by atoms with Gasteiger partial charge in [-0.3, -0.25) is 0 Å². The lowest BCUT2D eigenvalue weighted by atomic mass is 10.1. The molecule has 3 heteroatoms. The van der Waals surface area contributed by atoms with Crippen LogP contribution < -0.4 is 0 Å². The predicted octanol–water partition coefficient (Wildman–Crippen LogP) is 1.98. The Morgan fingerprint density at radius 2 is 2.27 bits per heavy atom. The smallest absolute Gasteiger partial charge is 0.125 e. The lowest BCUT2D eigenvalue weighted by molar-refractivity contribution is 0.272. The summed E-state index contributed by atoms with van der Waals surface area (Å²) in [6.07, 6.45) is 3.10. The lowest BCUT2D eigenvalue weighted by Crippen LogP contribution is -2.28. The molecule has 1 aliphatic heterocycles. The van der Waals surface area contributed by atoms with Crippen LogP contribution in [0.1, 0.15) is 37.7 Å². The third kappa shape index (κ3) is 2.34. The Labute approximate surface area is 91.5 Å². The molecule has 2 heterocycles. The highest BCUT2D eigenvalue weighted by atomic mass is 15.2. The molecule has 1 saturated heterocycles. The van der Waals surface area contributed by atoms with Gasteiger partial charge >= 0.3 is 0 Å². The molecule has 1 unspecified atom stereocenters. The number of hydrogen-bond donors (Lipinski definition) is 0. The largest absolute Gasteiger partial charge is 0.300 e. The van der Waals surface area contributed by atoms with E-state index in [0.29, 0.717) is 12.0 Å². The molecule has 1 aromatic rings. The number of aryl methyl sites for hydroxylation is 1. The van der Waals surface area contributed by atoms with Crippen molar-refractivity contribution in [1.29, 1.82) is 0 Å². The minimum atomic E-state index is 0.606. The average Bonchev–Trinajstić information content (AvgIpc) is 2.66. The second kappa shape index (κ2) is 4.27. The third-order valence-electron chi connectivity index (χ3n) is 3.17. The molecule has 0 radical (unpaired) electrons. The fourth-order valence-electron chi connectivity index (χ4n) is 2.20. The molecule has 0 aromatic carbocycles. The first-order valence-electron chi connectivity index (χ1n) is 5.70. The van der Waals surface area contributed by atoms with Gasteiger partial charge in [-0.05, 0) is 39.8 Å². The van der Waals surface area contributed by atoms with Crippen molar-refractivity contribution in [3.63, 3.8) is 0 Å². The molecule has 1 aliphatic rings. The van der Waals surface area contributed by atoms with Gasteiger partial charge in [0.05, 0.1) is 0 Å². The second-order valence-electron chi connectivity index (χ2n) is 4.60. The maximum Gasteiger partial charge on any atom is 0.125 e.